The lowest BCUT2D eigenvalue weighted by molar-refractivity contribution is 0.0600. The lowest BCUT2D eigenvalue weighted by Gasteiger charge is -2.08. The van der Waals surface area contributed by atoms with E-state index in [0.29, 0.717) is 16.9 Å². The molecule has 21 heavy (non-hydrogen) atoms. The molecule has 0 unspecified atom stereocenters. The van der Waals surface area contributed by atoms with Gasteiger partial charge in [0.05, 0.1) is 24.3 Å². The molecule has 0 aliphatic carbocycles. The number of hydrogen-bond acceptors (Lipinski definition) is 4. The summed E-state index contributed by atoms with van der Waals surface area (Å²) >= 11 is 0. The van der Waals surface area contributed by atoms with E-state index in [1.807, 2.05) is 6.07 Å². The fourth-order valence-corrected chi connectivity index (χ4v) is 1.70. The predicted octanol–water partition coefficient (Wildman–Crippen LogP) is 3.06. The molecule has 2 aromatic carbocycles. The highest BCUT2D eigenvalue weighted by molar-refractivity contribution is 5.89. The third-order valence-electron chi connectivity index (χ3n) is 2.85. The molecule has 0 aliphatic rings. The molecule has 5 heteroatoms. The number of carbonyl (C=O) groups is 1. The van der Waals surface area contributed by atoms with Crippen molar-refractivity contribution in [2.24, 2.45) is 0 Å². The smallest absolute Gasteiger partial charge is 0.337 e. The van der Waals surface area contributed by atoms with Crippen molar-refractivity contribution in [3.05, 3.63) is 65.0 Å². The summed E-state index contributed by atoms with van der Waals surface area (Å²) < 4.78 is 23.7. The van der Waals surface area contributed by atoms with Crippen LogP contribution < -0.4 is 4.74 Å². The molecule has 0 spiro atoms. The number of rotatable bonds is 4. The second-order valence-corrected chi connectivity index (χ2v) is 4.22. The molecule has 0 heterocycles. The fraction of sp³-hybridized carbons (Fsp3) is 0.125. The monoisotopic (exact) mass is 285 g/mol. The van der Waals surface area contributed by atoms with Crippen LogP contribution in [0.2, 0.25) is 0 Å². The lowest BCUT2D eigenvalue weighted by Crippen LogP contribution is -2.02. The van der Waals surface area contributed by atoms with Crippen molar-refractivity contribution in [1.29, 1.82) is 5.26 Å². The van der Waals surface area contributed by atoms with Gasteiger partial charge in [-0.25, -0.2) is 9.18 Å². The first-order chi connectivity index (χ1) is 10.1. The Morgan fingerprint density at radius 2 is 1.95 bits per heavy atom. The fourth-order valence-electron chi connectivity index (χ4n) is 1.70. The number of benzene rings is 2. The minimum absolute atomic E-state index is 0.0368. The zero-order chi connectivity index (χ0) is 15.2. The molecular formula is C16H12FNO3. The van der Waals surface area contributed by atoms with Gasteiger partial charge in [-0.05, 0) is 36.4 Å². The van der Waals surface area contributed by atoms with Gasteiger partial charge in [-0.2, -0.15) is 5.26 Å². The number of methoxy groups -OCH3 is 1. The zero-order valence-corrected chi connectivity index (χ0v) is 11.3. The minimum Gasteiger partial charge on any atom is -0.489 e. The van der Waals surface area contributed by atoms with Crippen molar-refractivity contribution >= 4 is 5.97 Å². The summed E-state index contributed by atoms with van der Waals surface area (Å²) in [5, 5.41) is 8.67. The van der Waals surface area contributed by atoms with Gasteiger partial charge >= 0.3 is 5.97 Å². The first-order valence-corrected chi connectivity index (χ1v) is 6.13. The highest BCUT2D eigenvalue weighted by Crippen LogP contribution is 2.16. The number of halogens is 1. The van der Waals surface area contributed by atoms with Crippen LogP contribution in [0, 0.1) is 17.1 Å². The summed E-state index contributed by atoms with van der Waals surface area (Å²) in [6.45, 7) is 0.0368. The van der Waals surface area contributed by atoms with Crippen LogP contribution in [0.5, 0.6) is 5.75 Å². The third kappa shape index (κ3) is 3.57. The Bertz CT molecular complexity index is 690. The molecule has 0 saturated carbocycles. The van der Waals surface area contributed by atoms with E-state index in [2.05, 4.69) is 4.74 Å². The number of hydrogen-bond donors (Lipinski definition) is 0. The van der Waals surface area contributed by atoms with E-state index in [9.17, 15) is 9.18 Å². The van der Waals surface area contributed by atoms with Crippen LogP contribution in [-0.4, -0.2) is 13.1 Å². The van der Waals surface area contributed by atoms with E-state index in [1.54, 1.807) is 24.3 Å². The van der Waals surface area contributed by atoms with Gasteiger partial charge < -0.3 is 9.47 Å². The maximum atomic E-state index is 13.7. The number of carbonyl (C=O) groups excluding carboxylic acids is 1. The van der Waals surface area contributed by atoms with Crippen LogP contribution in [0.4, 0.5) is 4.39 Å². The van der Waals surface area contributed by atoms with Crippen molar-refractivity contribution < 1.29 is 18.7 Å². The molecule has 2 aromatic rings. The second kappa shape index (κ2) is 6.53. The highest BCUT2D eigenvalue weighted by atomic mass is 19.1. The molecule has 4 nitrogen and oxygen atoms in total. The van der Waals surface area contributed by atoms with E-state index < -0.39 is 11.8 Å². The molecule has 0 aromatic heterocycles. The van der Waals surface area contributed by atoms with Gasteiger partial charge in [-0.15, -0.1) is 0 Å². The van der Waals surface area contributed by atoms with Gasteiger partial charge in [-0.1, -0.05) is 6.07 Å². The van der Waals surface area contributed by atoms with Crippen molar-refractivity contribution in [2.45, 2.75) is 6.61 Å². The molecule has 0 N–H and O–H groups in total. The van der Waals surface area contributed by atoms with Crippen LogP contribution >= 0.6 is 0 Å². The van der Waals surface area contributed by atoms with Crippen molar-refractivity contribution in [3.8, 4) is 11.8 Å². The SMILES string of the molecule is COC(=O)c1ccc(OCc2ccc(C#N)cc2F)cc1. The quantitative estimate of drug-likeness (QED) is 0.810. The largest absolute Gasteiger partial charge is 0.489 e. The Morgan fingerprint density at radius 1 is 1.24 bits per heavy atom. The lowest BCUT2D eigenvalue weighted by atomic mass is 10.1. The second-order valence-electron chi connectivity index (χ2n) is 4.22. The average molecular weight is 285 g/mol. The first-order valence-electron chi connectivity index (χ1n) is 6.13. The van der Waals surface area contributed by atoms with Crippen LogP contribution in [0.25, 0.3) is 0 Å². The van der Waals surface area contributed by atoms with E-state index >= 15 is 0 Å². The molecule has 0 fully saturated rings. The maximum absolute atomic E-state index is 13.7. The third-order valence-corrected chi connectivity index (χ3v) is 2.85. The van der Waals surface area contributed by atoms with Crippen molar-refractivity contribution in [1.82, 2.24) is 0 Å². The molecule has 0 amide bonds. The number of nitrogens with zero attached hydrogens (tertiary/aromatic N) is 1. The molecular weight excluding hydrogens is 273 g/mol. The van der Waals surface area contributed by atoms with E-state index in [1.165, 1.54) is 25.3 Å². The maximum Gasteiger partial charge on any atom is 0.337 e. The highest BCUT2D eigenvalue weighted by Gasteiger charge is 2.07. The molecule has 0 radical (unpaired) electrons. The van der Waals surface area contributed by atoms with Crippen molar-refractivity contribution in [2.75, 3.05) is 7.11 Å². The Labute approximate surface area is 121 Å². The molecule has 106 valence electrons. The Morgan fingerprint density at radius 3 is 2.52 bits per heavy atom. The normalized spacial score (nSPS) is 9.76. The van der Waals surface area contributed by atoms with Gasteiger partial charge in [0.2, 0.25) is 0 Å². The Hall–Kier alpha value is -2.87. The van der Waals surface area contributed by atoms with Gasteiger partial charge in [0.15, 0.2) is 0 Å². The molecule has 0 atom stereocenters. The topological polar surface area (TPSA) is 59.3 Å². The van der Waals surface area contributed by atoms with Gasteiger partial charge in [0.25, 0.3) is 0 Å². The summed E-state index contributed by atoms with van der Waals surface area (Å²) in [6, 6.07) is 12.4. The summed E-state index contributed by atoms with van der Waals surface area (Å²) in [7, 11) is 1.31. The number of esters is 1. The van der Waals surface area contributed by atoms with Crippen LogP contribution in [-0.2, 0) is 11.3 Å². The molecule has 0 saturated heterocycles. The van der Waals surface area contributed by atoms with Gasteiger partial charge in [-0.3, -0.25) is 0 Å². The summed E-state index contributed by atoms with van der Waals surface area (Å²) in [5.74, 6) is -0.411. The Balaban J connectivity index is 2.03. The standard InChI is InChI=1S/C16H12FNO3/c1-20-16(19)12-4-6-14(7-5-12)21-10-13-3-2-11(9-18)8-15(13)17/h2-8H,10H2,1H3. The van der Waals surface area contributed by atoms with Crippen molar-refractivity contribution in [3.63, 3.8) is 0 Å². The molecule has 0 bridgehead atoms. The number of ether oxygens (including phenoxy) is 2. The predicted molar refractivity (Wildman–Crippen MR) is 73.2 cm³/mol. The zero-order valence-electron chi connectivity index (χ0n) is 11.3. The Kier molecular flexibility index (Phi) is 4.52. The van der Waals surface area contributed by atoms with Crippen LogP contribution in [0.15, 0.2) is 42.5 Å². The van der Waals surface area contributed by atoms with E-state index in [-0.39, 0.29) is 12.2 Å². The van der Waals surface area contributed by atoms with Gasteiger partial charge in [0, 0.05) is 5.56 Å². The first kappa shape index (κ1) is 14.5. The molecule has 2 rings (SSSR count). The number of nitriles is 1. The van der Waals surface area contributed by atoms with Gasteiger partial charge in [0.1, 0.15) is 18.2 Å². The van der Waals surface area contributed by atoms with Crippen LogP contribution in [0.1, 0.15) is 21.5 Å². The summed E-state index contributed by atoms with van der Waals surface area (Å²) in [5.41, 5.74) is 1.03. The van der Waals surface area contributed by atoms with E-state index in [0.717, 1.165) is 0 Å². The van der Waals surface area contributed by atoms with Crippen LogP contribution in [0.3, 0.4) is 0 Å². The minimum atomic E-state index is -0.486. The summed E-state index contributed by atoms with van der Waals surface area (Å²) in [6.07, 6.45) is 0. The summed E-state index contributed by atoms with van der Waals surface area (Å²) in [4.78, 5) is 11.3. The van der Waals surface area contributed by atoms with E-state index in [4.69, 9.17) is 10.00 Å². The average Bonchev–Trinajstić information content (AvgIpc) is 2.53. The molecule has 0 aliphatic heterocycles.